The maximum atomic E-state index is 15.9. The van der Waals surface area contributed by atoms with E-state index in [1.165, 1.54) is 28.8 Å². The van der Waals surface area contributed by atoms with Crippen LogP contribution in [-0.4, -0.2) is 38.5 Å². The summed E-state index contributed by atoms with van der Waals surface area (Å²) in [5.74, 6) is -1.71. The molecule has 0 spiro atoms. The van der Waals surface area contributed by atoms with E-state index in [9.17, 15) is 9.59 Å². The van der Waals surface area contributed by atoms with Gasteiger partial charge in [0.25, 0.3) is 5.91 Å². The van der Waals surface area contributed by atoms with Crippen LogP contribution in [0.3, 0.4) is 0 Å². The molecule has 182 valence electrons. The van der Waals surface area contributed by atoms with Gasteiger partial charge in [-0.3, -0.25) is 24.2 Å². The highest BCUT2D eigenvalue weighted by molar-refractivity contribution is 6.30. The number of hydrogen-bond donors (Lipinski definition) is 0. The summed E-state index contributed by atoms with van der Waals surface area (Å²) in [5.41, 5.74) is 0.724. The zero-order valence-corrected chi connectivity index (χ0v) is 20.6. The fourth-order valence-corrected chi connectivity index (χ4v) is 4.73. The van der Waals surface area contributed by atoms with Gasteiger partial charge in [-0.1, -0.05) is 29.8 Å². The van der Waals surface area contributed by atoms with Crippen molar-refractivity contribution in [3.63, 3.8) is 0 Å². The zero-order chi connectivity index (χ0) is 25.6. The number of carbonyl (C=O) groups is 2. The number of amides is 1. The minimum atomic E-state index is -1.60. The highest BCUT2D eigenvalue weighted by Crippen LogP contribution is 2.47. The number of rotatable bonds is 6. The number of methoxy groups -OCH3 is 1. The topological polar surface area (TPSA) is 77.3 Å². The third-order valence-electron chi connectivity index (χ3n) is 6.32. The molecule has 1 atom stereocenters. The van der Waals surface area contributed by atoms with Gasteiger partial charge < -0.3 is 4.74 Å². The van der Waals surface area contributed by atoms with Crippen LogP contribution in [0, 0.1) is 12.7 Å². The van der Waals surface area contributed by atoms with Gasteiger partial charge in [0.05, 0.1) is 23.4 Å². The van der Waals surface area contributed by atoms with E-state index < -0.39 is 23.2 Å². The second-order valence-electron chi connectivity index (χ2n) is 8.66. The normalized spacial score (nSPS) is 16.9. The summed E-state index contributed by atoms with van der Waals surface area (Å²) < 4.78 is 23.4. The number of fused-ring (bicyclic) bond motifs is 1. The van der Waals surface area contributed by atoms with Crippen molar-refractivity contribution < 1.29 is 18.7 Å². The number of aryl methyl sites for hydroxylation is 2. The average molecular weight is 505 g/mol. The molecule has 9 heteroatoms. The third-order valence-corrected chi connectivity index (χ3v) is 6.57. The molecule has 36 heavy (non-hydrogen) atoms. The molecule has 0 saturated heterocycles. The number of nitrogens with zero attached hydrogens (tertiary/aromatic N) is 4. The van der Waals surface area contributed by atoms with Crippen molar-refractivity contribution in [1.29, 1.82) is 0 Å². The van der Waals surface area contributed by atoms with Gasteiger partial charge in [0.15, 0.2) is 5.72 Å². The number of aromatic nitrogens is 3. The predicted octanol–water partition coefficient (Wildman–Crippen LogP) is 4.65. The number of pyridine rings is 1. The first kappa shape index (κ1) is 23.8. The van der Waals surface area contributed by atoms with Gasteiger partial charge >= 0.3 is 0 Å². The molecule has 2 aromatic carbocycles. The van der Waals surface area contributed by atoms with E-state index in [-0.39, 0.29) is 28.9 Å². The van der Waals surface area contributed by atoms with Crippen molar-refractivity contribution in [1.82, 2.24) is 19.7 Å². The van der Waals surface area contributed by atoms with Crippen LogP contribution in [0.15, 0.2) is 67.0 Å². The van der Waals surface area contributed by atoms with Gasteiger partial charge in [0.2, 0.25) is 5.78 Å². The molecule has 0 N–H and O–H groups in total. The fraction of sp³-hybridized carbons (Fsp3) is 0.185. The number of benzene rings is 2. The molecule has 1 aliphatic rings. The lowest BCUT2D eigenvalue weighted by Gasteiger charge is -2.38. The summed E-state index contributed by atoms with van der Waals surface area (Å²) in [5, 5.41) is 4.60. The maximum absolute atomic E-state index is 15.9. The molecule has 7 nitrogen and oxygen atoms in total. The van der Waals surface area contributed by atoms with Crippen molar-refractivity contribution >= 4 is 23.3 Å². The lowest BCUT2D eigenvalue weighted by Crippen LogP contribution is -2.46. The second kappa shape index (κ2) is 8.96. The molecule has 1 aliphatic heterocycles. The van der Waals surface area contributed by atoms with Crippen molar-refractivity contribution in [3.05, 3.63) is 117 Å². The van der Waals surface area contributed by atoms with Crippen LogP contribution in [-0.2, 0) is 24.1 Å². The molecule has 0 fully saturated rings. The second-order valence-corrected chi connectivity index (χ2v) is 9.09. The SMILES string of the molecule is COC1(c2ccc(Cl)cc2)c2c(F)cc(C(=O)c3ccn(C)n3)cc2C(=O)N1Cc1ccc(C)cn1. The van der Waals surface area contributed by atoms with Gasteiger partial charge in [-0.25, -0.2) is 4.39 Å². The Morgan fingerprint density at radius 1 is 1.14 bits per heavy atom. The lowest BCUT2D eigenvalue weighted by atomic mass is 9.91. The maximum Gasteiger partial charge on any atom is 0.257 e. The molecular weight excluding hydrogens is 483 g/mol. The van der Waals surface area contributed by atoms with E-state index in [0.29, 0.717) is 16.3 Å². The van der Waals surface area contributed by atoms with E-state index in [0.717, 1.165) is 11.6 Å². The smallest absolute Gasteiger partial charge is 0.257 e. The van der Waals surface area contributed by atoms with E-state index in [4.69, 9.17) is 16.3 Å². The predicted molar refractivity (Wildman–Crippen MR) is 131 cm³/mol. The van der Waals surface area contributed by atoms with Crippen LogP contribution < -0.4 is 0 Å². The van der Waals surface area contributed by atoms with Crippen molar-refractivity contribution in [3.8, 4) is 0 Å². The number of halogens is 2. The van der Waals surface area contributed by atoms with Crippen LogP contribution in [0.25, 0.3) is 0 Å². The minimum absolute atomic E-state index is 0.0229. The van der Waals surface area contributed by atoms with Gasteiger partial charge in [-0.15, -0.1) is 0 Å². The molecule has 2 aromatic heterocycles. The van der Waals surface area contributed by atoms with Gasteiger partial charge in [-0.2, -0.15) is 5.10 Å². The van der Waals surface area contributed by atoms with Crippen LogP contribution in [0.2, 0.25) is 5.02 Å². The van der Waals surface area contributed by atoms with E-state index in [1.807, 2.05) is 13.0 Å². The van der Waals surface area contributed by atoms with Crippen LogP contribution in [0.5, 0.6) is 0 Å². The summed E-state index contributed by atoms with van der Waals surface area (Å²) in [4.78, 5) is 32.7. The summed E-state index contributed by atoms with van der Waals surface area (Å²) >= 11 is 6.11. The number of carbonyl (C=O) groups excluding carboxylic acids is 2. The van der Waals surface area contributed by atoms with Crippen LogP contribution >= 0.6 is 11.6 Å². The lowest BCUT2D eigenvalue weighted by molar-refractivity contribution is -0.0885. The Kier molecular flexibility index (Phi) is 5.94. The van der Waals surface area contributed by atoms with Crippen molar-refractivity contribution in [2.45, 2.75) is 19.2 Å². The van der Waals surface area contributed by atoms with E-state index in [2.05, 4.69) is 10.1 Å². The standard InChI is InChI=1S/C27H22ClFN4O3/c1-16-4-9-20(30-14-16)15-33-26(35)21-12-17(25(34)23-10-11-32(2)31-23)13-22(29)24(21)27(33,36-3)18-5-7-19(28)8-6-18/h4-14H,15H2,1-3H3. The quantitative estimate of drug-likeness (QED) is 0.357. The molecular formula is C27H22ClFN4O3. The fourth-order valence-electron chi connectivity index (χ4n) is 4.60. The zero-order valence-electron chi connectivity index (χ0n) is 19.8. The number of ether oxygens (including phenoxy) is 1. The van der Waals surface area contributed by atoms with E-state index >= 15 is 4.39 Å². The van der Waals surface area contributed by atoms with Crippen LogP contribution in [0.1, 0.15) is 48.8 Å². The Hall–Kier alpha value is -3.88. The monoisotopic (exact) mass is 504 g/mol. The molecule has 0 aliphatic carbocycles. The molecule has 1 unspecified atom stereocenters. The van der Waals surface area contributed by atoms with Gasteiger partial charge in [0.1, 0.15) is 11.5 Å². The Bertz CT molecular complexity index is 1480. The van der Waals surface area contributed by atoms with Crippen molar-refractivity contribution in [2.75, 3.05) is 7.11 Å². The third kappa shape index (κ3) is 3.79. The molecule has 4 aromatic rings. The molecule has 3 heterocycles. The highest BCUT2D eigenvalue weighted by Gasteiger charge is 2.54. The van der Waals surface area contributed by atoms with Crippen molar-refractivity contribution in [2.24, 2.45) is 7.05 Å². The van der Waals surface area contributed by atoms with Crippen LogP contribution in [0.4, 0.5) is 4.39 Å². The average Bonchev–Trinajstić information content (AvgIpc) is 3.41. The highest BCUT2D eigenvalue weighted by atomic mass is 35.5. The molecule has 5 rings (SSSR count). The molecule has 0 bridgehead atoms. The summed E-state index contributed by atoms with van der Waals surface area (Å²) in [6.07, 6.45) is 3.32. The van der Waals surface area contributed by atoms with Gasteiger partial charge in [-0.05, 0) is 48.9 Å². The van der Waals surface area contributed by atoms with E-state index in [1.54, 1.807) is 49.8 Å². The Morgan fingerprint density at radius 3 is 2.50 bits per heavy atom. The largest absolute Gasteiger partial charge is 0.350 e. The molecule has 0 saturated carbocycles. The van der Waals surface area contributed by atoms with Gasteiger partial charge in [0, 0.05) is 42.7 Å². The summed E-state index contributed by atoms with van der Waals surface area (Å²) in [6.45, 7) is 1.96. The Balaban J connectivity index is 1.70. The summed E-state index contributed by atoms with van der Waals surface area (Å²) in [6, 6.07) is 14.4. The Morgan fingerprint density at radius 2 is 1.89 bits per heavy atom. The molecule has 1 amide bonds. The molecule has 0 radical (unpaired) electrons. The minimum Gasteiger partial charge on any atom is -0.350 e. The first-order valence-corrected chi connectivity index (χ1v) is 11.6. The first-order valence-electron chi connectivity index (χ1n) is 11.2. The Labute approximate surface area is 212 Å². The summed E-state index contributed by atoms with van der Waals surface area (Å²) in [7, 11) is 3.10. The first-order chi connectivity index (χ1) is 17.2. The number of hydrogen-bond acceptors (Lipinski definition) is 5. The number of ketones is 1.